The quantitative estimate of drug-likeness (QED) is 0.504. The standard InChI is InChI=1S/C14H21ClO/c1-12(2)14(15)10-6-7-11-16-13-8-4-3-5-9-13/h3-5,8-9,12,14H,6-7,10-11H2,1-2H3. The first-order valence-corrected chi connectivity index (χ1v) is 6.45. The van der Waals surface area contributed by atoms with Crippen molar-refractivity contribution in [1.82, 2.24) is 0 Å². The van der Waals surface area contributed by atoms with Gasteiger partial charge in [-0.3, -0.25) is 0 Å². The third-order valence-electron chi connectivity index (χ3n) is 2.61. The lowest BCUT2D eigenvalue weighted by Crippen LogP contribution is -2.08. The van der Waals surface area contributed by atoms with Crippen LogP contribution in [0.5, 0.6) is 5.75 Å². The van der Waals surface area contributed by atoms with Gasteiger partial charge in [0.25, 0.3) is 0 Å². The SMILES string of the molecule is CC(C)C(Cl)CCCCOc1ccccc1. The number of halogens is 1. The Morgan fingerprint density at radius 3 is 2.44 bits per heavy atom. The lowest BCUT2D eigenvalue weighted by molar-refractivity contribution is 0.303. The van der Waals surface area contributed by atoms with E-state index in [1.807, 2.05) is 30.3 Å². The van der Waals surface area contributed by atoms with Gasteiger partial charge in [-0.25, -0.2) is 0 Å². The Bertz CT molecular complexity index is 271. The smallest absolute Gasteiger partial charge is 0.119 e. The number of rotatable bonds is 7. The molecule has 0 radical (unpaired) electrons. The van der Waals surface area contributed by atoms with Crippen molar-refractivity contribution in [2.75, 3.05) is 6.61 Å². The van der Waals surface area contributed by atoms with Crippen LogP contribution < -0.4 is 4.74 Å². The fourth-order valence-electron chi connectivity index (χ4n) is 1.48. The molecule has 0 aromatic heterocycles. The van der Waals surface area contributed by atoms with Crippen molar-refractivity contribution in [2.45, 2.75) is 38.5 Å². The summed E-state index contributed by atoms with van der Waals surface area (Å²) in [5, 5.41) is 0.303. The fourth-order valence-corrected chi connectivity index (χ4v) is 1.64. The molecular weight excluding hydrogens is 220 g/mol. The fraction of sp³-hybridized carbons (Fsp3) is 0.571. The van der Waals surface area contributed by atoms with E-state index < -0.39 is 0 Å². The van der Waals surface area contributed by atoms with E-state index in [1.165, 1.54) is 0 Å². The molecule has 0 N–H and O–H groups in total. The third-order valence-corrected chi connectivity index (χ3v) is 3.33. The Labute approximate surface area is 104 Å². The molecule has 0 spiro atoms. The summed E-state index contributed by atoms with van der Waals surface area (Å²) in [6.45, 7) is 5.11. The summed E-state index contributed by atoms with van der Waals surface area (Å²) in [7, 11) is 0. The maximum absolute atomic E-state index is 6.17. The number of hydrogen-bond acceptors (Lipinski definition) is 1. The monoisotopic (exact) mass is 240 g/mol. The highest BCUT2D eigenvalue weighted by Gasteiger charge is 2.08. The van der Waals surface area contributed by atoms with Gasteiger partial charge >= 0.3 is 0 Å². The summed E-state index contributed by atoms with van der Waals surface area (Å²) in [5.74, 6) is 1.52. The highest BCUT2D eigenvalue weighted by molar-refractivity contribution is 6.20. The molecular formula is C14H21ClO. The van der Waals surface area contributed by atoms with Gasteiger partial charge in [-0.2, -0.15) is 0 Å². The number of hydrogen-bond donors (Lipinski definition) is 0. The van der Waals surface area contributed by atoms with Gasteiger partial charge in [0.15, 0.2) is 0 Å². The second-order valence-corrected chi connectivity index (χ2v) is 4.98. The van der Waals surface area contributed by atoms with Crippen molar-refractivity contribution >= 4 is 11.6 Å². The van der Waals surface area contributed by atoms with E-state index in [2.05, 4.69) is 13.8 Å². The second kappa shape index (κ2) is 7.56. The molecule has 0 aliphatic carbocycles. The zero-order valence-electron chi connectivity index (χ0n) is 10.2. The normalized spacial score (nSPS) is 12.8. The molecule has 16 heavy (non-hydrogen) atoms. The summed E-state index contributed by atoms with van der Waals surface area (Å²) in [4.78, 5) is 0. The molecule has 90 valence electrons. The molecule has 1 atom stereocenters. The van der Waals surface area contributed by atoms with Gasteiger partial charge in [-0.1, -0.05) is 32.0 Å². The zero-order chi connectivity index (χ0) is 11.8. The van der Waals surface area contributed by atoms with Crippen LogP contribution in [0.4, 0.5) is 0 Å². The van der Waals surface area contributed by atoms with E-state index in [-0.39, 0.29) is 0 Å². The minimum absolute atomic E-state index is 0.303. The molecule has 1 aromatic carbocycles. The van der Waals surface area contributed by atoms with Gasteiger partial charge in [0.1, 0.15) is 5.75 Å². The van der Waals surface area contributed by atoms with E-state index >= 15 is 0 Å². The van der Waals surface area contributed by atoms with Gasteiger partial charge in [0.2, 0.25) is 0 Å². The van der Waals surface area contributed by atoms with Crippen LogP contribution in [0.2, 0.25) is 0 Å². The average molecular weight is 241 g/mol. The van der Waals surface area contributed by atoms with Crippen LogP contribution in [0.15, 0.2) is 30.3 Å². The molecule has 0 aliphatic rings. The molecule has 1 nitrogen and oxygen atoms in total. The molecule has 0 aliphatic heterocycles. The van der Waals surface area contributed by atoms with Crippen LogP contribution in [0, 0.1) is 5.92 Å². The van der Waals surface area contributed by atoms with E-state index in [0.29, 0.717) is 11.3 Å². The second-order valence-electron chi connectivity index (χ2n) is 4.42. The number of unbranched alkanes of at least 4 members (excludes halogenated alkanes) is 1. The van der Waals surface area contributed by atoms with Crippen molar-refractivity contribution in [3.63, 3.8) is 0 Å². The molecule has 0 heterocycles. The molecule has 1 aromatic rings. The van der Waals surface area contributed by atoms with Crippen LogP contribution >= 0.6 is 11.6 Å². The van der Waals surface area contributed by atoms with Gasteiger partial charge in [-0.15, -0.1) is 11.6 Å². The maximum Gasteiger partial charge on any atom is 0.119 e. The van der Waals surface area contributed by atoms with Crippen LogP contribution in [-0.2, 0) is 0 Å². The van der Waals surface area contributed by atoms with E-state index in [9.17, 15) is 0 Å². The predicted molar refractivity (Wildman–Crippen MR) is 70.3 cm³/mol. The van der Waals surface area contributed by atoms with Crippen molar-refractivity contribution < 1.29 is 4.74 Å². The third kappa shape index (κ3) is 5.41. The Kier molecular flexibility index (Phi) is 6.32. The summed E-state index contributed by atoms with van der Waals surface area (Å²) >= 11 is 6.17. The van der Waals surface area contributed by atoms with Gasteiger partial charge < -0.3 is 4.74 Å². The Balaban J connectivity index is 2.04. The lowest BCUT2D eigenvalue weighted by atomic mass is 10.0. The molecule has 0 saturated heterocycles. The zero-order valence-corrected chi connectivity index (χ0v) is 10.9. The van der Waals surface area contributed by atoms with Gasteiger partial charge in [0, 0.05) is 5.38 Å². The molecule has 0 bridgehead atoms. The number of para-hydroxylation sites is 1. The van der Waals surface area contributed by atoms with Crippen LogP contribution in [-0.4, -0.2) is 12.0 Å². The number of benzene rings is 1. The first-order chi connectivity index (χ1) is 7.70. The van der Waals surface area contributed by atoms with Crippen molar-refractivity contribution in [2.24, 2.45) is 5.92 Å². The minimum Gasteiger partial charge on any atom is -0.494 e. The molecule has 0 saturated carbocycles. The van der Waals surface area contributed by atoms with Crippen molar-refractivity contribution in [1.29, 1.82) is 0 Å². The van der Waals surface area contributed by atoms with E-state index in [0.717, 1.165) is 31.6 Å². The highest BCUT2D eigenvalue weighted by Crippen LogP contribution is 2.16. The number of alkyl halides is 1. The summed E-state index contributed by atoms with van der Waals surface area (Å²) < 4.78 is 5.61. The highest BCUT2D eigenvalue weighted by atomic mass is 35.5. The van der Waals surface area contributed by atoms with E-state index in [4.69, 9.17) is 16.3 Å². The van der Waals surface area contributed by atoms with Gasteiger partial charge in [0.05, 0.1) is 6.61 Å². The van der Waals surface area contributed by atoms with Gasteiger partial charge in [-0.05, 0) is 37.3 Å². The molecule has 1 rings (SSSR count). The largest absolute Gasteiger partial charge is 0.494 e. The molecule has 0 fully saturated rings. The molecule has 1 unspecified atom stereocenters. The van der Waals surface area contributed by atoms with Crippen LogP contribution in [0.25, 0.3) is 0 Å². The van der Waals surface area contributed by atoms with Crippen molar-refractivity contribution in [3.05, 3.63) is 30.3 Å². The first-order valence-electron chi connectivity index (χ1n) is 6.02. The molecule has 2 heteroatoms. The lowest BCUT2D eigenvalue weighted by Gasteiger charge is -2.12. The average Bonchev–Trinajstić information content (AvgIpc) is 2.29. The summed E-state index contributed by atoms with van der Waals surface area (Å²) in [6.07, 6.45) is 3.29. The topological polar surface area (TPSA) is 9.23 Å². The summed E-state index contributed by atoms with van der Waals surface area (Å²) in [6, 6.07) is 9.94. The Morgan fingerprint density at radius 2 is 1.81 bits per heavy atom. The Hall–Kier alpha value is -0.690. The van der Waals surface area contributed by atoms with Crippen LogP contribution in [0.1, 0.15) is 33.1 Å². The van der Waals surface area contributed by atoms with E-state index in [1.54, 1.807) is 0 Å². The van der Waals surface area contributed by atoms with Crippen molar-refractivity contribution in [3.8, 4) is 5.75 Å². The summed E-state index contributed by atoms with van der Waals surface area (Å²) in [5.41, 5.74) is 0. The number of ether oxygens (including phenoxy) is 1. The first kappa shape index (κ1) is 13.4. The minimum atomic E-state index is 0.303. The predicted octanol–water partition coefficient (Wildman–Crippen LogP) is 4.50. The van der Waals surface area contributed by atoms with Crippen LogP contribution in [0.3, 0.4) is 0 Å². The molecule has 0 amide bonds. The Morgan fingerprint density at radius 1 is 1.12 bits per heavy atom. The maximum atomic E-state index is 6.17.